The van der Waals surface area contributed by atoms with Crippen molar-refractivity contribution in [2.75, 3.05) is 14.1 Å². The minimum absolute atomic E-state index is 0.447. The van der Waals surface area contributed by atoms with Gasteiger partial charge in [0.05, 0.1) is 0 Å². The average Bonchev–Trinajstić information content (AvgIpc) is 2.69. The van der Waals surface area contributed by atoms with E-state index in [0.717, 1.165) is 0 Å². The lowest BCUT2D eigenvalue weighted by Crippen LogP contribution is -2.37. The lowest BCUT2D eigenvalue weighted by atomic mass is 9.91. The third kappa shape index (κ3) is 2.35. The molecule has 5 heteroatoms. The van der Waals surface area contributed by atoms with E-state index < -0.39 is 7.59 Å². The number of nitrogens with one attached hydrogen (secondary N) is 1. The van der Waals surface area contributed by atoms with Crippen LogP contribution in [0.5, 0.6) is 0 Å². The number of nitrogens with zero attached hydrogens (tertiary/aromatic N) is 2. The molecule has 2 atom stereocenters. The zero-order valence-corrected chi connectivity index (χ0v) is 13.2. The van der Waals surface area contributed by atoms with Gasteiger partial charge in [-0.2, -0.15) is 0 Å². The highest BCUT2D eigenvalue weighted by atomic mass is 31.2. The molecule has 0 radical (unpaired) electrons. The van der Waals surface area contributed by atoms with Gasteiger partial charge >= 0.3 is 0 Å². The Morgan fingerprint density at radius 2 is 1.65 bits per heavy atom. The molecular weight excluding hydrogens is 269 g/mol. The summed E-state index contributed by atoms with van der Waals surface area (Å²) in [5, 5.41) is 3.34. The number of hydrogen-bond acceptors (Lipinski definition) is 1. The second-order valence-electron chi connectivity index (χ2n) is 5.93. The van der Waals surface area contributed by atoms with Crippen molar-refractivity contribution in [2.24, 2.45) is 0 Å². The fourth-order valence-corrected chi connectivity index (χ4v) is 6.22. The van der Waals surface area contributed by atoms with Crippen molar-refractivity contribution < 1.29 is 4.57 Å². The van der Waals surface area contributed by atoms with E-state index in [1.165, 1.54) is 31.2 Å². The molecular formula is C15H24N3OP. The Balaban J connectivity index is 1.75. The van der Waals surface area contributed by atoms with Gasteiger partial charge in [-0.1, -0.05) is 43.2 Å². The number of benzene rings is 1. The fourth-order valence-electron chi connectivity index (χ4n) is 3.60. The van der Waals surface area contributed by atoms with Gasteiger partial charge in [-0.05, 0) is 32.5 Å². The molecule has 1 aromatic rings. The third-order valence-corrected chi connectivity index (χ3v) is 7.71. The summed E-state index contributed by atoms with van der Waals surface area (Å²) in [6.07, 6.45) is 4.86. The van der Waals surface area contributed by atoms with E-state index in [4.69, 9.17) is 0 Å². The molecule has 20 heavy (non-hydrogen) atoms. The van der Waals surface area contributed by atoms with Gasteiger partial charge in [-0.3, -0.25) is 4.57 Å². The van der Waals surface area contributed by atoms with E-state index in [1.54, 1.807) is 0 Å². The Labute approximate surface area is 121 Å². The molecule has 1 heterocycles. The maximum absolute atomic E-state index is 13.4. The van der Waals surface area contributed by atoms with Gasteiger partial charge in [-0.25, -0.2) is 14.4 Å². The van der Waals surface area contributed by atoms with E-state index in [0.29, 0.717) is 18.6 Å². The summed E-state index contributed by atoms with van der Waals surface area (Å²) in [5.41, 5.74) is 1.18. The number of hydrogen-bond donors (Lipinski definition) is 1. The molecule has 3 rings (SSSR count). The first-order chi connectivity index (χ1) is 9.63. The summed E-state index contributed by atoms with van der Waals surface area (Å²) in [7, 11) is 1.43. The van der Waals surface area contributed by atoms with E-state index in [2.05, 4.69) is 26.6 Å². The Morgan fingerprint density at radius 1 is 1.10 bits per heavy atom. The monoisotopic (exact) mass is 293 g/mol. The summed E-state index contributed by atoms with van der Waals surface area (Å²) >= 11 is 0. The topological polar surface area (TPSA) is 35.6 Å². The van der Waals surface area contributed by atoms with E-state index in [-0.39, 0.29) is 0 Å². The lowest BCUT2D eigenvalue weighted by Gasteiger charge is -2.28. The quantitative estimate of drug-likeness (QED) is 0.869. The van der Waals surface area contributed by atoms with Crippen molar-refractivity contribution >= 4 is 7.59 Å². The first-order valence-electron chi connectivity index (χ1n) is 7.48. The average molecular weight is 293 g/mol. The van der Waals surface area contributed by atoms with Crippen LogP contribution in [0.2, 0.25) is 0 Å². The molecule has 0 spiro atoms. The molecule has 1 N–H and O–H groups in total. The van der Waals surface area contributed by atoms with Crippen LogP contribution in [0.4, 0.5) is 0 Å². The van der Waals surface area contributed by atoms with Crippen molar-refractivity contribution in [1.29, 1.82) is 0 Å². The van der Waals surface area contributed by atoms with Crippen LogP contribution in [-0.2, 0) is 11.1 Å². The van der Waals surface area contributed by atoms with Crippen LogP contribution in [0.25, 0.3) is 0 Å². The largest absolute Gasteiger partial charge is 0.284 e. The van der Waals surface area contributed by atoms with Gasteiger partial charge in [0.25, 0.3) is 7.59 Å². The Hall–Kier alpha value is -0.670. The van der Waals surface area contributed by atoms with Crippen LogP contribution >= 0.6 is 7.59 Å². The van der Waals surface area contributed by atoms with E-state index >= 15 is 0 Å². The smallest absolute Gasteiger partial charge is 0.270 e. The second-order valence-corrected chi connectivity index (χ2v) is 8.60. The van der Waals surface area contributed by atoms with Crippen molar-refractivity contribution in [3.8, 4) is 0 Å². The summed E-state index contributed by atoms with van der Waals surface area (Å²) in [6.45, 7) is 0.659. The van der Waals surface area contributed by atoms with Crippen LogP contribution in [-0.4, -0.2) is 35.5 Å². The Kier molecular flexibility index (Phi) is 4.00. The van der Waals surface area contributed by atoms with Gasteiger partial charge in [-0.15, -0.1) is 0 Å². The first-order valence-corrected chi connectivity index (χ1v) is 9.10. The van der Waals surface area contributed by atoms with E-state index in [1.807, 2.05) is 32.3 Å². The second kappa shape index (κ2) is 5.61. The Bertz CT molecular complexity index is 485. The summed E-state index contributed by atoms with van der Waals surface area (Å²) < 4.78 is 17.6. The fraction of sp³-hybridized carbons (Fsp3) is 0.600. The normalized spacial score (nSPS) is 30.3. The molecule has 0 aromatic heterocycles. The number of rotatable bonds is 3. The molecule has 1 aliphatic carbocycles. The summed E-state index contributed by atoms with van der Waals surface area (Å²) in [6, 6.07) is 11.1. The van der Waals surface area contributed by atoms with Gasteiger partial charge in [0.15, 0.2) is 0 Å². The maximum Gasteiger partial charge on any atom is 0.284 e. The molecule has 1 saturated carbocycles. The molecule has 2 fully saturated rings. The van der Waals surface area contributed by atoms with Crippen molar-refractivity contribution in [3.05, 3.63) is 35.9 Å². The van der Waals surface area contributed by atoms with Crippen LogP contribution in [0.3, 0.4) is 0 Å². The van der Waals surface area contributed by atoms with Crippen molar-refractivity contribution in [2.45, 2.75) is 44.3 Å². The summed E-state index contributed by atoms with van der Waals surface area (Å²) in [4.78, 5) is 0. The van der Waals surface area contributed by atoms with Crippen LogP contribution < -0.4 is 5.09 Å². The Morgan fingerprint density at radius 3 is 2.20 bits per heavy atom. The van der Waals surface area contributed by atoms with Crippen molar-refractivity contribution in [1.82, 2.24) is 14.4 Å². The highest BCUT2D eigenvalue weighted by Gasteiger charge is 2.51. The van der Waals surface area contributed by atoms with E-state index in [9.17, 15) is 4.57 Å². The SMILES string of the molecule is CN1[C@@H]2CCCC[C@H]2N(C)P1(=O)NCc1ccccc1. The highest BCUT2D eigenvalue weighted by molar-refractivity contribution is 7.57. The molecule has 0 amide bonds. The third-order valence-electron chi connectivity index (χ3n) is 4.84. The minimum Gasteiger partial charge on any atom is -0.270 e. The minimum atomic E-state index is -2.61. The van der Waals surface area contributed by atoms with Crippen molar-refractivity contribution in [3.63, 3.8) is 0 Å². The molecule has 0 unspecified atom stereocenters. The van der Waals surface area contributed by atoms with Crippen LogP contribution in [0.1, 0.15) is 31.2 Å². The molecule has 1 aliphatic heterocycles. The highest BCUT2D eigenvalue weighted by Crippen LogP contribution is 2.58. The molecule has 0 bridgehead atoms. The van der Waals surface area contributed by atoms with Crippen LogP contribution in [0.15, 0.2) is 30.3 Å². The molecule has 110 valence electrons. The van der Waals surface area contributed by atoms with Gasteiger partial charge < -0.3 is 0 Å². The molecule has 1 aromatic carbocycles. The molecule has 4 nitrogen and oxygen atoms in total. The lowest BCUT2D eigenvalue weighted by molar-refractivity contribution is 0.233. The number of likely N-dealkylation sites (N-methyl/N-ethyl adjacent to an activating group) is 2. The number of fused-ring (bicyclic) bond motifs is 1. The maximum atomic E-state index is 13.4. The van der Waals surface area contributed by atoms with Crippen LogP contribution in [0, 0.1) is 0 Å². The van der Waals surface area contributed by atoms with Gasteiger partial charge in [0.2, 0.25) is 0 Å². The molecule has 2 aliphatic rings. The standard InChI is InChI=1S/C15H24N3OP/c1-17-14-10-6-7-11-15(14)18(2)20(17,19)16-12-13-8-4-3-5-9-13/h3-5,8-9,14-15H,6-7,10-12H2,1-2H3,(H,16,19)/t14-,15-/m1/s1. The van der Waals surface area contributed by atoms with Gasteiger partial charge in [0, 0.05) is 18.6 Å². The summed E-state index contributed by atoms with van der Waals surface area (Å²) in [5.74, 6) is 0. The predicted molar refractivity (Wildman–Crippen MR) is 82.5 cm³/mol. The zero-order valence-electron chi connectivity index (χ0n) is 12.3. The first kappa shape index (κ1) is 14.3. The van der Waals surface area contributed by atoms with Gasteiger partial charge in [0.1, 0.15) is 0 Å². The molecule has 1 saturated heterocycles. The predicted octanol–water partition coefficient (Wildman–Crippen LogP) is 3.07. The zero-order chi connectivity index (χ0) is 14.2.